The van der Waals surface area contributed by atoms with Gasteiger partial charge in [-0.05, 0) is 37.1 Å². The first-order valence-electron chi connectivity index (χ1n) is 10.4. The van der Waals surface area contributed by atoms with E-state index in [9.17, 15) is 18.4 Å². The van der Waals surface area contributed by atoms with Crippen LogP contribution in [0.5, 0.6) is 0 Å². The highest BCUT2D eigenvalue weighted by Gasteiger charge is 2.29. The van der Waals surface area contributed by atoms with Crippen LogP contribution >= 0.6 is 0 Å². The predicted octanol–water partition coefficient (Wildman–Crippen LogP) is 2.22. The van der Waals surface area contributed by atoms with Gasteiger partial charge in [-0.3, -0.25) is 19.3 Å². The van der Waals surface area contributed by atoms with E-state index in [2.05, 4.69) is 20.1 Å². The van der Waals surface area contributed by atoms with Crippen LogP contribution in [-0.2, 0) is 6.54 Å². The van der Waals surface area contributed by atoms with Crippen molar-refractivity contribution in [3.8, 4) is 0 Å². The molecule has 5 rings (SSSR count). The molecule has 3 aromatic rings. The maximum absolute atomic E-state index is 12.7. The number of amides is 1. The highest BCUT2D eigenvalue weighted by atomic mass is 19.3. The molecule has 1 N–H and O–H groups in total. The van der Waals surface area contributed by atoms with Crippen LogP contribution in [-0.4, -0.2) is 63.2 Å². The number of piperazine rings is 1. The average molecular weight is 428 g/mol. The van der Waals surface area contributed by atoms with Gasteiger partial charge in [0.25, 0.3) is 17.9 Å². The molecule has 2 fully saturated rings. The minimum Gasteiger partial charge on any atom is -0.368 e. The van der Waals surface area contributed by atoms with E-state index in [-0.39, 0.29) is 5.91 Å². The summed E-state index contributed by atoms with van der Waals surface area (Å²) >= 11 is 0. The molecular weight excluding hydrogens is 406 g/mol. The Morgan fingerprint density at radius 2 is 1.94 bits per heavy atom. The molecule has 0 unspecified atom stereocenters. The molecule has 0 bridgehead atoms. The lowest BCUT2D eigenvalue weighted by Gasteiger charge is -2.35. The molecule has 0 spiro atoms. The van der Waals surface area contributed by atoms with E-state index in [0.29, 0.717) is 48.7 Å². The number of nitrogens with zero attached hydrogens (tertiary/aromatic N) is 5. The monoisotopic (exact) mass is 428 g/mol. The van der Waals surface area contributed by atoms with Crippen LogP contribution in [0.15, 0.2) is 35.4 Å². The zero-order valence-electron chi connectivity index (χ0n) is 16.8. The fourth-order valence-electron chi connectivity index (χ4n) is 4.00. The van der Waals surface area contributed by atoms with Crippen molar-refractivity contribution in [2.24, 2.45) is 0 Å². The Hall–Kier alpha value is -3.30. The lowest BCUT2D eigenvalue weighted by atomic mass is 10.2. The van der Waals surface area contributed by atoms with Crippen LogP contribution in [0.1, 0.15) is 34.9 Å². The first-order valence-corrected chi connectivity index (χ1v) is 10.4. The van der Waals surface area contributed by atoms with Crippen LogP contribution in [0.2, 0.25) is 0 Å². The largest absolute Gasteiger partial charge is 0.368 e. The molecule has 8 nitrogen and oxygen atoms in total. The standard InChI is InChI=1S/C21H22F2N6O2/c22-19(23)11-29-12-24-17-9-14(3-4-15(17)20(29)30)27-5-7-28(8-6-27)21(31)18-10-16(25-26-18)13-1-2-13/h3-4,9-10,12-13,19H,1-2,5-8,11H2,(H,25,26). The number of nitrogens with one attached hydrogen (secondary N) is 1. The lowest BCUT2D eigenvalue weighted by Crippen LogP contribution is -2.48. The number of fused-ring (bicyclic) bond motifs is 1. The van der Waals surface area contributed by atoms with Gasteiger partial charge in [0, 0.05) is 43.5 Å². The number of halogens is 2. The topological polar surface area (TPSA) is 87.1 Å². The van der Waals surface area contributed by atoms with E-state index >= 15 is 0 Å². The van der Waals surface area contributed by atoms with Crippen molar-refractivity contribution in [2.75, 3.05) is 31.1 Å². The molecule has 1 saturated carbocycles. The van der Waals surface area contributed by atoms with Gasteiger partial charge in [0.05, 0.1) is 23.8 Å². The molecule has 3 heterocycles. The van der Waals surface area contributed by atoms with Crippen LogP contribution < -0.4 is 10.5 Å². The van der Waals surface area contributed by atoms with Gasteiger partial charge in [0.2, 0.25) is 0 Å². The Balaban J connectivity index is 1.27. The summed E-state index contributed by atoms with van der Waals surface area (Å²) < 4.78 is 26.2. The summed E-state index contributed by atoms with van der Waals surface area (Å²) in [5.74, 6) is 0.453. The number of anilines is 1. The van der Waals surface area contributed by atoms with E-state index in [1.54, 1.807) is 23.1 Å². The smallest absolute Gasteiger partial charge is 0.274 e. The number of rotatable bonds is 5. The number of hydrogen-bond acceptors (Lipinski definition) is 5. The number of aromatic amines is 1. The Labute approximate surface area is 176 Å². The number of hydrogen-bond donors (Lipinski definition) is 1. The molecule has 1 amide bonds. The van der Waals surface area contributed by atoms with Crippen molar-refractivity contribution in [1.29, 1.82) is 0 Å². The molecule has 1 aliphatic heterocycles. The van der Waals surface area contributed by atoms with E-state index in [1.165, 1.54) is 0 Å². The summed E-state index contributed by atoms with van der Waals surface area (Å²) in [6.07, 6.45) is 0.846. The molecule has 2 aromatic heterocycles. The number of carbonyl (C=O) groups excluding carboxylic acids is 1. The second-order valence-corrected chi connectivity index (χ2v) is 8.06. The molecule has 0 radical (unpaired) electrons. The first kappa shape index (κ1) is 19.7. The summed E-state index contributed by atoms with van der Waals surface area (Å²) in [6.45, 7) is 1.73. The molecule has 0 atom stereocenters. The maximum atomic E-state index is 12.7. The fourth-order valence-corrected chi connectivity index (χ4v) is 4.00. The van der Waals surface area contributed by atoms with Crippen molar-refractivity contribution in [3.63, 3.8) is 0 Å². The summed E-state index contributed by atoms with van der Waals surface area (Å²) in [5.41, 5.74) is 2.38. The van der Waals surface area contributed by atoms with Crippen molar-refractivity contribution in [2.45, 2.75) is 31.7 Å². The Morgan fingerprint density at radius 3 is 2.65 bits per heavy atom. The molecule has 1 aliphatic carbocycles. The van der Waals surface area contributed by atoms with Crippen LogP contribution in [0.3, 0.4) is 0 Å². The van der Waals surface area contributed by atoms with Crippen LogP contribution in [0.25, 0.3) is 10.9 Å². The van der Waals surface area contributed by atoms with Crippen molar-refractivity contribution < 1.29 is 13.6 Å². The SMILES string of the molecule is O=C(c1cc(C2CC2)[nH]n1)N1CCN(c2ccc3c(=O)n(CC(F)F)cnc3c2)CC1. The van der Waals surface area contributed by atoms with Gasteiger partial charge in [-0.2, -0.15) is 5.10 Å². The number of aromatic nitrogens is 4. The molecule has 1 aromatic carbocycles. The van der Waals surface area contributed by atoms with Crippen LogP contribution in [0, 0.1) is 0 Å². The maximum Gasteiger partial charge on any atom is 0.274 e. The molecule has 10 heteroatoms. The molecule has 2 aliphatic rings. The van der Waals surface area contributed by atoms with E-state index in [1.807, 2.05) is 6.07 Å². The third-order valence-electron chi connectivity index (χ3n) is 5.91. The minimum absolute atomic E-state index is 0.0671. The summed E-state index contributed by atoms with van der Waals surface area (Å²) in [5, 5.41) is 7.47. The van der Waals surface area contributed by atoms with Gasteiger partial charge >= 0.3 is 0 Å². The quantitative estimate of drug-likeness (QED) is 0.674. The minimum atomic E-state index is -2.61. The molecule has 162 valence electrons. The fraction of sp³-hybridized carbons (Fsp3) is 0.429. The van der Waals surface area contributed by atoms with E-state index < -0.39 is 18.5 Å². The second kappa shape index (κ2) is 7.75. The van der Waals surface area contributed by atoms with Crippen molar-refractivity contribution in [1.82, 2.24) is 24.6 Å². The summed E-state index contributed by atoms with van der Waals surface area (Å²) in [6, 6.07) is 7.08. The third-order valence-corrected chi connectivity index (χ3v) is 5.91. The Morgan fingerprint density at radius 1 is 1.16 bits per heavy atom. The van der Waals surface area contributed by atoms with Gasteiger partial charge in [-0.25, -0.2) is 13.8 Å². The zero-order chi connectivity index (χ0) is 21.5. The van der Waals surface area contributed by atoms with Gasteiger partial charge in [0.15, 0.2) is 0 Å². The van der Waals surface area contributed by atoms with Gasteiger partial charge in [-0.1, -0.05) is 0 Å². The first-order chi connectivity index (χ1) is 15.0. The van der Waals surface area contributed by atoms with E-state index in [0.717, 1.165) is 35.1 Å². The van der Waals surface area contributed by atoms with Crippen LogP contribution in [0.4, 0.5) is 14.5 Å². The summed E-state index contributed by atoms with van der Waals surface area (Å²) in [4.78, 5) is 33.2. The van der Waals surface area contributed by atoms with Gasteiger partial charge < -0.3 is 9.80 Å². The Bertz CT molecular complexity index is 1180. The third kappa shape index (κ3) is 3.89. The normalized spacial score (nSPS) is 17.0. The molecule has 1 saturated heterocycles. The van der Waals surface area contributed by atoms with Gasteiger partial charge in [-0.15, -0.1) is 0 Å². The average Bonchev–Trinajstić information content (AvgIpc) is 3.51. The second-order valence-electron chi connectivity index (χ2n) is 8.06. The highest BCUT2D eigenvalue weighted by Crippen LogP contribution is 2.39. The number of carbonyl (C=O) groups is 1. The summed E-state index contributed by atoms with van der Waals surface area (Å²) in [7, 11) is 0. The number of H-pyrrole nitrogens is 1. The lowest BCUT2D eigenvalue weighted by molar-refractivity contribution is 0.0740. The molecular formula is C21H22F2N6O2. The van der Waals surface area contributed by atoms with Gasteiger partial charge in [0.1, 0.15) is 5.69 Å². The predicted molar refractivity (Wildman–Crippen MR) is 111 cm³/mol. The number of benzene rings is 1. The molecule has 31 heavy (non-hydrogen) atoms. The Kier molecular flexibility index (Phi) is 4.91. The highest BCUT2D eigenvalue weighted by molar-refractivity contribution is 5.92. The van der Waals surface area contributed by atoms with E-state index in [4.69, 9.17) is 0 Å². The zero-order valence-corrected chi connectivity index (χ0v) is 16.8. The van der Waals surface area contributed by atoms with Crippen molar-refractivity contribution in [3.05, 3.63) is 52.3 Å². The number of alkyl halides is 2. The van der Waals surface area contributed by atoms with Crippen molar-refractivity contribution >= 4 is 22.5 Å².